The molecule has 2 rings (SSSR count). The lowest BCUT2D eigenvalue weighted by Gasteiger charge is -2.25. The van der Waals surface area contributed by atoms with Crippen molar-refractivity contribution < 1.29 is 0 Å². The van der Waals surface area contributed by atoms with E-state index in [0.717, 1.165) is 12.2 Å². The predicted molar refractivity (Wildman–Crippen MR) is 77.2 cm³/mol. The molecule has 0 saturated heterocycles. The summed E-state index contributed by atoms with van der Waals surface area (Å²) in [6.07, 6.45) is 0. The molecular weight excluding hydrogens is 220 g/mol. The zero-order chi connectivity index (χ0) is 13.0. The van der Waals surface area contributed by atoms with Crippen molar-refractivity contribution in [1.82, 2.24) is 4.90 Å². The van der Waals surface area contributed by atoms with E-state index < -0.39 is 0 Å². The van der Waals surface area contributed by atoms with E-state index in [1.54, 1.807) is 0 Å². The number of hydrogen-bond donors (Lipinski definition) is 1. The molecule has 0 spiro atoms. The average molecular weight is 240 g/mol. The lowest BCUT2D eigenvalue weighted by atomic mass is 10.1. The maximum atomic E-state index is 5.80. The van der Waals surface area contributed by atoms with Gasteiger partial charge >= 0.3 is 0 Å². The summed E-state index contributed by atoms with van der Waals surface area (Å²) in [5, 5.41) is 0. The van der Waals surface area contributed by atoms with Crippen LogP contribution in [0.15, 0.2) is 54.6 Å². The Labute approximate surface area is 109 Å². The number of anilines is 1. The second kappa shape index (κ2) is 5.69. The molecule has 2 N–H and O–H groups in total. The van der Waals surface area contributed by atoms with Crippen molar-refractivity contribution in [3.05, 3.63) is 65.7 Å². The van der Waals surface area contributed by atoms with Crippen molar-refractivity contribution in [2.75, 3.05) is 12.8 Å². The zero-order valence-electron chi connectivity index (χ0n) is 11.0. The van der Waals surface area contributed by atoms with Crippen LogP contribution in [-0.4, -0.2) is 11.9 Å². The van der Waals surface area contributed by atoms with Crippen molar-refractivity contribution in [3.63, 3.8) is 0 Å². The van der Waals surface area contributed by atoms with Gasteiger partial charge in [0.25, 0.3) is 0 Å². The minimum absolute atomic E-state index is 0.396. The maximum absolute atomic E-state index is 5.80. The van der Waals surface area contributed by atoms with Crippen LogP contribution in [0.3, 0.4) is 0 Å². The van der Waals surface area contributed by atoms with Gasteiger partial charge in [-0.05, 0) is 37.2 Å². The molecule has 1 unspecified atom stereocenters. The molecule has 0 amide bonds. The largest absolute Gasteiger partial charge is 0.399 e. The van der Waals surface area contributed by atoms with E-state index in [9.17, 15) is 0 Å². The number of hydrogen-bond acceptors (Lipinski definition) is 2. The number of nitrogen functional groups attached to an aromatic ring is 1. The van der Waals surface area contributed by atoms with Gasteiger partial charge in [0.15, 0.2) is 0 Å². The van der Waals surface area contributed by atoms with Crippen LogP contribution in [-0.2, 0) is 6.54 Å². The Morgan fingerprint density at radius 3 is 2.44 bits per heavy atom. The molecule has 0 radical (unpaired) electrons. The Kier molecular flexibility index (Phi) is 4.00. The van der Waals surface area contributed by atoms with Crippen molar-refractivity contribution in [2.45, 2.75) is 19.5 Å². The van der Waals surface area contributed by atoms with Gasteiger partial charge in [0.05, 0.1) is 0 Å². The molecule has 2 heteroatoms. The Morgan fingerprint density at radius 2 is 1.78 bits per heavy atom. The molecule has 18 heavy (non-hydrogen) atoms. The van der Waals surface area contributed by atoms with E-state index in [1.807, 2.05) is 24.3 Å². The molecule has 0 aliphatic rings. The first-order valence-corrected chi connectivity index (χ1v) is 6.26. The Morgan fingerprint density at radius 1 is 1.06 bits per heavy atom. The molecule has 0 saturated carbocycles. The lowest BCUT2D eigenvalue weighted by molar-refractivity contribution is 0.253. The minimum Gasteiger partial charge on any atom is -0.399 e. The molecular formula is C16H20N2. The minimum atomic E-state index is 0.396. The van der Waals surface area contributed by atoms with Gasteiger partial charge in [-0.25, -0.2) is 0 Å². The highest BCUT2D eigenvalue weighted by Crippen LogP contribution is 2.20. The third-order valence-corrected chi connectivity index (χ3v) is 3.33. The Hall–Kier alpha value is -1.80. The summed E-state index contributed by atoms with van der Waals surface area (Å²) in [7, 11) is 2.14. The van der Waals surface area contributed by atoms with Crippen LogP contribution in [0.1, 0.15) is 24.1 Å². The number of nitrogens with two attached hydrogens (primary N) is 1. The quantitative estimate of drug-likeness (QED) is 0.829. The molecule has 0 aliphatic heterocycles. The molecule has 2 nitrogen and oxygen atoms in total. The second-order valence-corrected chi connectivity index (χ2v) is 4.75. The van der Waals surface area contributed by atoms with E-state index in [2.05, 4.69) is 49.2 Å². The fourth-order valence-corrected chi connectivity index (χ4v) is 2.10. The third kappa shape index (κ3) is 3.11. The van der Waals surface area contributed by atoms with Crippen LogP contribution in [0.25, 0.3) is 0 Å². The van der Waals surface area contributed by atoms with Crippen LogP contribution < -0.4 is 5.73 Å². The maximum Gasteiger partial charge on any atom is 0.0320 e. The van der Waals surface area contributed by atoms with Crippen molar-refractivity contribution >= 4 is 5.69 Å². The van der Waals surface area contributed by atoms with Gasteiger partial charge in [0, 0.05) is 18.3 Å². The van der Waals surface area contributed by atoms with Gasteiger partial charge in [-0.2, -0.15) is 0 Å². The summed E-state index contributed by atoms with van der Waals surface area (Å²) in [5.74, 6) is 0. The van der Waals surface area contributed by atoms with Crippen LogP contribution in [0.5, 0.6) is 0 Å². The summed E-state index contributed by atoms with van der Waals surface area (Å²) in [5.41, 5.74) is 9.22. The smallest absolute Gasteiger partial charge is 0.0320 e. The topological polar surface area (TPSA) is 29.3 Å². The van der Waals surface area contributed by atoms with Gasteiger partial charge in [-0.3, -0.25) is 4.90 Å². The molecule has 1 atom stereocenters. The second-order valence-electron chi connectivity index (χ2n) is 4.75. The Balaban J connectivity index is 2.06. The lowest BCUT2D eigenvalue weighted by Crippen LogP contribution is -2.21. The number of nitrogens with zero attached hydrogens (tertiary/aromatic N) is 1. The summed E-state index contributed by atoms with van der Waals surface area (Å²) in [6, 6.07) is 19.0. The highest BCUT2D eigenvalue weighted by Gasteiger charge is 2.11. The fraction of sp³-hybridized carbons (Fsp3) is 0.250. The van der Waals surface area contributed by atoms with Crippen LogP contribution in [0.2, 0.25) is 0 Å². The molecule has 0 bridgehead atoms. The van der Waals surface area contributed by atoms with Crippen LogP contribution in [0, 0.1) is 0 Å². The van der Waals surface area contributed by atoms with Crippen LogP contribution >= 0.6 is 0 Å². The van der Waals surface area contributed by atoms with Crippen molar-refractivity contribution in [1.29, 1.82) is 0 Å². The van der Waals surface area contributed by atoms with E-state index >= 15 is 0 Å². The summed E-state index contributed by atoms with van der Waals surface area (Å²) in [6.45, 7) is 3.13. The fourth-order valence-electron chi connectivity index (χ4n) is 2.10. The standard InChI is InChI=1S/C16H20N2/c1-13(15-8-4-3-5-9-15)18(2)12-14-7-6-10-16(17)11-14/h3-11,13H,12,17H2,1-2H3. The van der Waals surface area contributed by atoms with E-state index in [1.165, 1.54) is 11.1 Å². The molecule has 0 fully saturated rings. The highest BCUT2D eigenvalue weighted by molar-refractivity contribution is 5.40. The zero-order valence-corrected chi connectivity index (χ0v) is 11.0. The van der Waals surface area contributed by atoms with E-state index in [4.69, 9.17) is 5.73 Å². The van der Waals surface area contributed by atoms with Gasteiger partial charge < -0.3 is 5.73 Å². The van der Waals surface area contributed by atoms with Crippen molar-refractivity contribution in [2.24, 2.45) is 0 Å². The van der Waals surface area contributed by atoms with E-state index in [0.29, 0.717) is 6.04 Å². The predicted octanol–water partition coefficient (Wildman–Crippen LogP) is 3.46. The Bertz CT molecular complexity index is 493. The van der Waals surface area contributed by atoms with Gasteiger partial charge in [0.1, 0.15) is 0 Å². The monoisotopic (exact) mass is 240 g/mol. The van der Waals surface area contributed by atoms with Gasteiger partial charge in [-0.15, -0.1) is 0 Å². The van der Waals surface area contributed by atoms with Crippen LogP contribution in [0.4, 0.5) is 5.69 Å². The molecule has 94 valence electrons. The molecule has 2 aromatic carbocycles. The molecule has 2 aromatic rings. The normalized spacial score (nSPS) is 12.6. The number of benzene rings is 2. The number of rotatable bonds is 4. The van der Waals surface area contributed by atoms with Gasteiger partial charge in [0.2, 0.25) is 0 Å². The summed E-state index contributed by atoms with van der Waals surface area (Å²) >= 11 is 0. The SMILES string of the molecule is CC(c1ccccc1)N(C)Cc1cccc(N)c1. The highest BCUT2D eigenvalue weighted by atomic mass is 15.1. The van der Waals surface area contributed by atoms with E-state index in [-0.39, 0.29) is 0 Å². The molecule has 0 aromatic heterocycles. The van der Waals surface area contributed by atoms with Crippen molar-refractivity contribution in [3.8, 4) is 0 Å². The first-order chi connectivity index (χ1) is 8.66. The third-order valence-electron chi connectivity index (χ3n) is 3.33. The average Bonchev–Trinajstić information content (AvgIpc) is 2.39. The molecule has 0 aliphatic carbocycles. The summed E-state index contributed by atoms with van der Waals surface area (Å²) < 4.78 is 0. The van der Waals surface area contributed by atoms with Gasteiger partial charge in [-0.1, -0.05) is 42.5 Å². The first kappa shape index (κ1) is 12.7. The summed E-state index contributed by atoms with van der Waals surface area (Å²) in [4.78, 5) is 2.32. The first-order valence-electron chi connectivity index (χ1n) is 6.26. The molecule has 0 heterocycles.